The van der Waals surface area contributed by atoms with Crippen LogP contribution in [0.3, 0.4) is 0 Å². The van der Waals surface area contributed by atoms with Gasteiger partial charge in [-0.15, -0.1) is 11.3 Å². The quantitative estimate of drug-likeness (QED) is 0.523. The molecule has 1 aliphatic rings. The Morgan fingerprint density at radius 3 is 2.64 bits per heavy atom. The summed E-state index contributed by atoms with van der Waals surface area (Å²) in [6.45, 7) is 6.77. The Morgan fingerprint density at radius 1 is 1.32 bits per heavy atom. The van der Waals surface area contributed by atoms with Crippen LogP contribution in [0, 0.1) is 11.3 Å². The van der Waals surface area contributed by atoms with Crippen LogP contribution in [0.25, 0.3) is 0 Å². The number of carbonyl (C=O) groups is 3. The molecule has 5 N–H and O–H groups in total. The summed E-state index contributed by atoms with van der Waals surface area (Å²) in [7, 11) is 0. The summed E-state index contributed by atoms with van der Waals surface area (Å²) in [5.74, 6) is 0.444. The van der Waals surface area contributed by atoms with Gasteiger partial charge in [-0.25, -0.2) is 4.79 Å². The van der Waals surface area contributed by atoms with E-state index >= 15 is 0 Å². The molecule has 0 aliphatic heterocycles. The fraction of sp³-hybridized carbons (Fsp3) is 0.632. The van der Waals surface area contributed by atoms with E-state index in [2.05, 4.69) is 36.9 Å². The van der Waals surface area contributed by atoms with Crippen LogP contribution in [0.2, 0.25) is 0 Å². The topological polar surface area (TPSA) is 113 Å². The van der Waals surface area contributed by atoms with Gasteiger partial charge in [-0.1, -0.05) is 20.8 Å². The summed E-state index contributed by atoms with van der Waals surface area (Å²) >= 11 is 3.04. The molecule has 0 bridgehead atoms. The second-order valence-electron chi connectivity index (χ2n) is 8.15. The third-order valence-electron chi connectivity index (χ3n) is 5.07. The lowest BCUT2D eigenvalue weighted by atomic mass is 9.72. The third-order valence-corrected chi connectivity index (χ3v) is 6.95. The normalized spacial score (nSPS) is 17.4. The lowest BCUT2D eigenvalue weighted by molar-refractivity contribution is -0.123. The second kappa shape index (κ2) is 9.65. The van der Waals surface area contributed by atoms with Crippen molar-refractivity contribution < 1.29 is 14.4 Å². The van der Waals surface area contributed by atoms with E-state index in [0.717, 1.165) is 19.3 Å². The predicted octanol–water partition coefficient (Wildman–Crippen LogP) is 2.45. The molecular weight excluding hydrogens is 396 g/mol. The van der Waals surface area contributed by atoms with Crippen LogP contribution >= 0.6 is 23.1 Å². The van der Waals surface area contributed by atoms with Crippen LogP contribution in [-0.4, -0.2) is 35.9 Å². The molecule has 0 saturated heterocycles. The first kappa shape index (κ1) is 22.5. The molecule has 156 valence electrons. The van der Waals surface area contributed by atoms with Crippen molar-refractivity contribution in [3.8, 4) is 0 Å². The first-order chi connectivity index (χ1) is 13.1. The number of thiophene rings is 1. The van der Waals surface area contributed by atoms with E-state index in [1.54, 1.807) is 11.8 Å². The summed E-state index contributed by atoms with van der Waals surface area (Å²) in [5.41, 5.74) is 11.5. The van der Waals surface area contributed by atoms with Crippen molar-refractivity contribution in [1.82, 2.24) is 16.2 Å². The van der Waals surface area contributed by atoms with Crippen molar-refractivity contribution in [2.45, 2.75) is 52.5 Å². The molecular formula is C19H30N4O3S2. The maximum atomic E-state index is 12.5. The van der Waals surface area contributed by atoms with Gasteiger partial charge in [-0.3, -0.25) is 20.4 Å². The molecule has 1 aromatic heterocycles. The number of fused-ring (bicyclic) bond motifs is 1. The van der Waals surface area contributed by atoms with E-state index in [1.165, 1.54) is 21.8 Å². The molecule has 0 fully saturated rings. The molecule has 0 aromatic carbocycles. The molecule has 4 amide bonds. The fourth-order valence-corrected chi connectivity index (χ4v) is 4.89. The average Bonchev–Trinajstić information content (AvgIpc) is 3.05. The van der Waals surface area contributed by atoms with Gasteiger partial charge in [-0.05, 0) is 60.7 Å². The molecule has 0 radical (unpaired) electrons. The van der Waals surface area contributed by atoms with Crippen molar-refractivity contribution in [1.29, 1.82) is 0 Å². The minimum Gasteiger partial charge on any atom is -0.352 e. The highest BCUT2D eigenvalue weighted by molar-refractivity contribution is 7.98. The highest BCUT2D eigenvalue weighted by Crippen LogP contribution is 2.40. The van der Waals surface area contributed by atoms with E-state index in [0.29, 0.717) is 23.0 Å². The number of rotatable bonds is 6. The number of primary amides is 1. The number of aryl methyl sites for hydroxylation is 1. The first-order valence-electron chi connectivity index (χ1n) is 9.38. The molecule has 1 aromatic rings. The van der Waals surface area contributed by atoms with Crippen LogP contribution in [0.5, 0.6) is 0 Å². The van der Waals surface area contributed by atoms with Gasteiger partial charge in [0.15, 0.2) is 0 Å². The third kappa shape index (κ3) is 6.13. The monoisotopic (exact) mass is 426 g/mol. The van der Waals surface area contributed by atoms with Crippen molar-refractivity contribution in [3.63, 3.8) is 0 Å². The summed E-state index contributed by atoms with van der Waals surface area (Å²) < 4.78 is 0. The Balaban J connectivity index is 1.95. The second-order valence-corrected chi connectivity index (χ2v) is 10.3. The number of hydrogen-bond donors (Lipinski definition) is 4. The zero-order chi connectivity index (χ0) is 20.9. The molecule has 0 spiro atoms. The number of hydrogen-bond acceptors (Lipinski definition) is 5. The molecule has 0 saturated carbocycles. The van der Waals surface area contributed by atoms with Crippen LogP contribution in [-0.2, 0) is 17.6 Å². The zero-order valence-corrected chi connectivity index (χ0v) is 18.5. The Kier molecular flexibility index (Phi) is 7.77. The Hall–Kier alpha value is -1.74. The van der Waals surface area contributed by atoms with Crippen LogP contribution in [0.1, 0.15) is 53.7 Å². The Morgan fingerprint density at radius 2 is 2.04 bits per heavy atom. The number of urea groups is 1. The summed E-state index contributed by atoms with van der Waals surface area (Å²) in [6, 6.07) is 0.382. The van der Waals surface area contributed by atoms with Gasteiger partial charge in [0.2, 0.25) is 0 Å². The SMILES string of the molecule is CSCC[C@H](NC(N)=O)C(=O)NNC(=O)c1cc2c(s1)CC[C@@H](C(C)(C)C)C2. The number of amides is 4. The number of nitrogens with two attached hydrogens (primary N) is 1. The van der Waals surface area contributed by atoms with Gasteiger partial charge < -0.3 is 11.1 Å². The minimum atomic E-state index is -0.783. The van der Waals surface area contributed by atoms with Crippen molar-refractivity contribution in [2.24, 2.45) is 17.1 Å². The number of carbonyl (C=O) groups excluding carboxylic acids is 3. The van der Waals surface area contributed by atoms with Gasteiger partial charge in [0.05, 0.1) is 4.88 Å². The van der Waals surface area contributed by atoms with E-state index in [9.17, 15) is 14.4 Å². The first-order valence-corrected chi connectivity index (χ1v) is 11.6. The molecule has 0 unspecified atom stereocenters. The number of thioether (sulfide) groups is 1. The smallest absolute Gasteiger partial charge is 0.312 e. The highest BCUT2D eigenvalue weighted by atomic mass is 32.2. The Bertz CT molecular complexity index is 727. The van der Waals surface area contributed by atoms with Crippen molar-refractivity contribution in [3.05, 3.63) is 21.4 Å². The zero-order valence-electron chi connectivity index (χ0n) is 16.9. The van der Waals surface area contributed by atoms with E-state index in [-0.39, 0.29) is 11.3 Å². The molecule has 28 heavy (non-hydrogen) atoms. The maximum Gasteiger partial charge on any atom is 0.312 e. The van der Waals surface area contributed by atoms with Gasteiger partial charge in [-0.2, -0.15) is 11.8 Å². The largest absolute Gasteiger partial charge is 0.352 e. The molecule has 2 rings (SSSR count). The summed E-state index contributed by atoms with van der Waals surface area (Å²) in [6.07, 6.45) is 5.43. The van der Waals surface area contributed by atoms with Crippen LogP contribution in [0.15, 0.2) is 6.07 Å². The van der Waals surface area contributed by atoms with Crippen molar-refractivity contribution in [2.75, 3.05) is 12.0 Å². The molecule has 1 aliphatic carbocycles. The van der Waals surface area contributed by atoms with Gasteiger partial charge in [0.1, 0.15) is 6.04 Å². The Labute approximate surface area is 174 Å². The molecule has 1 heterocycles. The summed E-state index contributed by atoms with van der Waals surface area (Å²) in [4.78, 5) is 37.7. The standard InChI is InChI=1S/C19H30N4O3S2/c1-19(2,3)12-5-6-14-11(9-12)10-15(28-14)17(25)23-22-16(24)13(7-8-27-4)21-18(20)26/h10,12-13H,5-9H2,1-4H3,(H,22,24)(H,23,25)(H3,20,21,26)/t12-,13+/m1/s1. The van der Waals surface area contributed by atoms with Crippen LogP contribution < -0.4 is 21.9 Å². The predicted molar refractivity (Wildman–Crippen MR) is 114 cm³/mol. The van der Waals surface area contributed by atoms with Gasteiger partial charge >= 0.3 is 6.03 Å². The van der Waals surface area contributed by atoms with E-state index in [1.807, 2.05) is 12.3 Å². The minimum absolute atomic E-state index is 0.245. The van der Waals surface area contributed by atoms with Gasteiger partial charge in [0.25, 0.3) is 11.8 Å². The van der Waals surface area contributed by atoms with Crippen LogP contribution in [0.4, 0.5) is 4.79 Å². The van der Waals surface area contributed by atoms with Gasteiger partial charge in [0, 0.05) is 4.88 Å². The lowest BCUT2D eigenvalue weighted by Gasteiger charge is -2.33. The lowest BCUT2D eigenvalue weighted by Crippen LogP contribution is -2.53. The molecule has 7 nitrogen and oxygen atoms in total. The highest BCUT2D eigenvalue weighted by Gasteiger charge is 2.30. The average molecular weight is 427 g/mol. The molecule has 2 atom stereocenters. The number of nitrogens with one attached hydrogen (secondary N) is 3. The van der Waals surface area contributed by atoms with E-state index < -0.39 is 18.0 Å². The maximum absolute atomic E-state index is 12.5. The molecule has 9 heteroatoms. The number of hydrazine groups is 1. The summed E-state index contributed by atoms with van der Waals surface area (Å²) in [5, 5.41) is 2.40. The van der Waals surface area contributed by atoms with E-state index in [4.69, 9.17) is 5.73 Å². The van der Waals surface area contributed by atoms with Crippen molar-refractivity contribution >= 4 is 40.9 Å². The fourth-order valence-electron chi connectivity index (χ4n) is 3.32.